The van der Waals surface area contributed by atoms with E-state index in [2.05, 4.69) is 22.2 Å². The molecule has 1 aliphatic heterocycles. The molecule has 0 radical (unpaired) electrons. The van der Waals surface area contributed by atoms with Gasteiger partial charge in [0.2, 0.25) is 5.91 Å². The van der Waals surface area contributed by atoms with Crippen molar-refractivity contribution in [3.05, 3.63) is 78.5 Å². The molecule has 2 aromatic rings. The van der Waals surface area contributed by atoms with Gasteiger partial charge in [-0.05, 0) is 66.5 Å². The van der Waals surface area contributed by atoms with Gasteiger partial charge in [-0.25, -0.2) is 4.79 Å². The van der Waals surface area contributed by atoms with Crippen LogP contribution in [0.5, 0.6) is 0 Å². The van der Waals surface area contributed by atoms with Gasteiger partial charge in [0.05, 0.1) is 6.34 Å². The molecular weight excluding hydrogens is 446 g/mol. The summed E-state index contributed by atoms with van der Waals surface area (Å²) in [7, 11) is 3.22. The molecule has 0 spiro atoms. The van der Waals surface area contributed by atoms with Crippen LogP contribution < -0.4 is 27.8 Å². The summed E-state index contributed by atoms with van der Waals surface area (Å²) >= 11 is 0. The van der Waals surface area contributed by atoms with E-state index < -0.39 is 6.03 Å². The minimum Gasteiger partial charge on any atom is -0.399 e. The smallest absolute Gasteiger partial charge is 0.316 e. The van der Waals surface area contributed by atoms with Gasteiger partial charge >= 0.3 is 6.03 Å². The number of primary amides is 1. The number of carbonyl (C=O) groups is 3. The zero-order valence-electron chi connectivity index (χ0n) is 20.0. The minimum atomic E-state index is -0.586. The first kappa shape index (κ1) is 28.4. The fourth-order valence-corrected chi connectivity index (χ4v) is 2.96. The van der Waals surface area contributed by atoms with Crippen LogP contribution in [0.2, 0.25) is 0 Å². The van der Waals surface area contributed by atoms with Gasteiger partial charge in [-0.1, -0.05) is 18.7 Å². The molecule has 0 atom stereocenters. The maximum Gasteiger partial charge on any atom is 0.316 e. The molecule has 10 nitrogen and oxygen atoms in total. The molecule has 0 bridgehead atoms. The Morgan fingerprint density at radius 2 is 1.69 bits per heavy atom. The van der Waals surface area contributed by atoms with E-state index in [9.17, 15) is 14.4 Å². The average Bonchev–Trinajstić information content (AvgIpc) is 2.89. The lowest BCUT2D eigenvalue weighted by atomic mass is 9.99. The van der Waals surface area contributed by atoms with Crippen molar-refractivity contribution in [2.24, 2.45) is 16.5 Å². The molecule has 0 unspecified atom stereocenters. The molecule has 8 N–H and O–H groups in total. The third-order valence-electron chi connectivity index (χ3n) is 4.69. The van der Waals surface area contributed by atoms with E-state index in [0.29, 0.717) is 16.9 Å². The second kappa shape index (κ2) is 15.3. The first-order valence-corrected chi connectivity index (χ1v) is 10.8. The van der Waals surface area contributed by atoms with Crippen LogP contribution in [0.25, 0.3) is 5.57 Å². The van der Waals surface area contributed by atoms with Gasteiger partial charge in [0.25, 0.3) is 5.91 Å². The van der Waals surface area contributed by atoms with Crippen molar-refractivity contribution in [1.82, 2.24) is 10.2 Å². The quantitative estimate of drug-likeness (QED) is 0.196. The number of nitrogen functional groups attached to an aromatic ring is 1. The number of allylic oxidation sites excluding steroid dienone is 1. The summed E-state index contributed by atoms with van der Waals surface area (Å²) in [5, 5.41) is 5.03. The summed E-state index contributed by atoms with van der Waals surface area (Å²) in [4.78, 5) is 38.4. The van der Waals surface area contributed by atoms with Crippen LogP contribution >= 0.6 is 0 Å². The number of hydrogen-bond donors (Lipinski definition) is 5. The van der Waals surface area contributed by atoms with Crippen molar-refractivity contribution in [3.8, 4) is 0 Å². The Kier molecular flexibility index (Phi) is 12.4. The van der Waals surface area contributed by atoms with Crippen molar-refractivity contribution in [2.45, 2.75) is 12.8 Å². The van der Waals surface area contributed by atoms with Crippen LogP contribution in [0, 0.1) is 0 Å². The van der Waals surface area contributed by atoms with Gasteiger partial charge < -0.3 is 32.7 Å². The molecule has 0 fully saturated rings. The molecule has 4 amide bonds. The molecule has 0 saturated carbocycles. The van der Waals surface area contributed by atoms with Crippen LogP contribution in [0.15, 0.2) is 72.4 Å². The lowest BCUT2D eigenvalue weighted by Crippen LogP contribution is -2.27. The van der Waals surface area contributed by atoms with Crippen molar-refractivity contribution < 1.29 is 14.4 Å². The van der Waals surface area contributed by atoms with E-state index in [4.69, 9.17) is 17.2 Å². The highest BCUT2D eigenvalue weighted by Gasteiger charge is 2.15. The second-order valence-corrected chi connectivity index (χ2v) is 7.17. The summed E-state index contributed by atoms with van der Waals surface area (Å²) in [5.41, 5.74) is 19.3. The molecule has 10 heteroatoms. The van der Waals surface area contributed by atoms with Crippen LogP contribution in [-0.4, -0.2) is 49.7 Å². The number of nitrogens with two attached hydrogens (primary N) is 3. The van der Waals surface area contributed by atoms with Gasteiger partial charge in [-0.15, -0.1) is 0 Å². The Hall–Kier alpha value is -4.60. The van der Waals surface area contributed by atoms with Crippen LogP contribution in [0.4, 0.5) is 16.2 Å². The number of anilines is 2. The summed E-state index contributed by atoms with van der Waals surface area (Å²) in [6, 6.07) is 13.6. The van der Waals surface area contributed by atoms with Crippen LogP contribution in [0.1, 0.15) is 28.8 Å². The van der Waals surface area contributed by atoms with Crippen molar-refractivity contribution in [2.75, 3.05) is 31.7 Å². The fourth-order valence-electron chi connectivity index (χ4n) is 2.96. The van der Waals surface area contributed by atoms with Crippen LogP contribution in [0.3, 0.4) is 0 Å². The van der Waals surface area contributed by atoms with Crippen molar-refractivity contribution in [1.29, 1.82) is 0 Å². The maximum atomic E-state index is 11.6. The third-order valence-corrected chi connectivity index (χ3v) is 4.69. The zero-order valence-corrected chi connectivity index (χ0v) is 20.0. The first-order chi connectivity index (χ1) is 16.7. The number of nitrogens with one attached hydrogen (secondary N) is 2. The van der Waals surface area contributed by atoms with E-state index in [1.807, 2.05) is 18.3 Å². The number of nitrogens with zero attached hydrogens (tertiary/aromatic N) is 2. The molecule has 186 valence electrons. The number of benzene rings is 2. The van der Waals surface area contributed by atoms with E-state index >= 15 is 0 Å². The van der Waals surface area contributed by atoms with Gasteiger partial charge in [0, 0.05) is 43.8 Å². The summed E-state index contributed by atoms with van der Waals surface area (Å²) < 4.78 is 0. The molecule has 0 aliphatic carbocycles. The maximum absolute atomic E-state index is 11.6. The lowest BCUT2D eigenvalue weighted by molar-refractivity contribution is -0.123. The largest absolute Gasteiger partial charge is 0.399 e. The predicted molar refractivity (Wildman–Crippen MR) is 142 cm³/mol. The standard InChI is InChI=1S/C15H17N3O2.C8H10N2O.C2H6N2/c1-2-14(19)18-9-3-4-12(10-18)11-5-7-13(8-6-11)17-15(16)20;1-10-8(11)6-2-4-7(9)5-3-6;1-4-2-3/h2,5-8,10H,1,3-4,9H2,(H3,16,17,20);2-5H,9H2,1H3,(H,10,11);2H,1H3,(H2,3,4). The zero-order chi connectivity index (χ0) is 26.2. The Bertz CT molecular complexity index is 1040. The third kappa shape index (κ3) is 10.3. The Morgan fingerprint density at radius 1 is 1.09 bits per heavy atom. The van der Waals surface area contributed by atoms with Crippen LogP contribution in [-0.2, 0) is 4.79 Å². The number of aliphatic imine (C=N–C) groups is 1. The SMILES string of the molecule is C=CC(=O)N1C=C(c2ccc(NC(N)=O)cc2)CCC1.CN=CN.CNC(=O)c1ccc(N)cc1. The Balaban J connectivity index is 0.000000342. The Labute approximate surface area is 205 Å². The van der Waals surface area contributed by atoms with Crippen molar-refractivity contribution >= 4 is 41.1 Å². The van der Waals surface area contributed by atoms with E-state index in [1.54, 1.807) is 55.4 Å². The molecule has 1 heterocycles. The number of urea groups is 1. The first-order valence-electron chi connectivity index (χ1n) is 10.8. The lowest BCUT2D eigenvalue weighted by Gasteiger charge is -2.24. The summed E-state index contributed by atoms with van der Waals surface area (Å²) in [5.74, 6) is -0.181. The van der Waals surface area contributed by atoms with Gasteiger partial charge in [-0.2, -0.15) is 0 Å². The molecule has 0 saturated heterocycles. The minimum absolute atomic E-state index is 0.0887. The molecule has 1 aliphatic rings. The number of rotatable bonds is 4. The topological polar surface area (TPSA) is 169 Å². The average molecular weight is 480 g/mol. The highest BCUT2D eigenvalue weighted by Crippen LogP contribution is 2.26. The number of hydrogen-bond acceptors (Lipinski definition) is 5. The molecule has 0 aromatic heterocycles. The Morgan fingerprint density at radius 3 is 2.17 bits per heavy atom. The molecule has 2 aromatic carbocycles. The van der Waals surface area contributed by atoms with E-state index in [0.717, 1.165) is 30.5 Å². The van der Waals surface area contributed by atoms with E-state index in [1.165, 1.54) is 12.4 Å². The van der Waals surface area contributed by atoms with Crippen molar-refractivity contribution in [3.63, 3.8) is 0 Å². The monoisotopic (exact) mass is 479 g/mol. The highest BCUT2D eigenvalue weighted by atomic mass is 16.2. The second-order valence-electron chi connectivity index (χ2n) is 7.17. The van der Waals surface area contributed by atoms with E-state index in [-0.39, 0.29) is 11.8 Å². The number of amides is 4. The predicted octanol–water partition coefficient (Wildman–Crippen LogP) is 2.56. The number of carbonyl (C=O) groups excluding carboxylic acids is 3. The molecule has 3 rings (SSSR count). The summed E-state index contributed by atoms with van der Waals surface area (Å²) in [6.45, 7) is 4.22. The van der Waals surface area contributed by atoms with Gasteiger partial charge in [0.1, 0.15) is 0 Å². The molecule has 35 heavy (non-hydrogen) atoms. The fraction of sp³-hybridized carbons (Fsp3) is 0.200. The van der Waals surface area contributed by atoms with Gasteiger partial charge in [-0.3, -0.25) is 14.6 Å². The normalized spacial score (nSPS) is 12.2. The van der Waals surface area contributed by atoms with Gasteiger partial charge in [0.15, 0.2) is 0 Å². The summed E-state index contributed by atoms with van der Waals surface area (Å²) in [6.07, 6.45) is 6.28. The molecular formula is C25H33N7O3. The highest BCUT2D eigenvalue weighted by molar-refractivity contribution is 5.94.